The highest BCUT2D eigenvalue weighted by atomic mass is 32.1. The van der Waals surface area contributed by atoms with Gasteiger partial charge < -0.3 is 0 Å². The van der Waals surface area contributed by atoms with Gasteiger partial charge >= 0.3 is 5.69 Å². The standard InChI is InChI=1S/C23H17N3O3S/c24-14-17-7-4-8-18(13-17)20(27)15-26-19-10-12-30-21(19)22(28)25(23(26)29)11-9-16-5-2-1-3-6-16/h1-8,10,12-13H,9,11,15H2. The number of aryl methyl sites for hydroxylation is 1. The van der Waals surface area contributed by atoms with Crippen LogP contribution >= 0.6 is 11.3 Å². The predicted octanol–water partition coefficient (Wildman–Crippen LogP) is 3.22. The minimum atomic E-state index is -0.508. The number of ketones is 1. The largest absolute Gasteiger partial charge is 0.331 e. The second-order valence-corrected chi connectivity index (χ2v) is 7.73. The van der Waals surface area contributed by atoms with Crippen LogP contribution < -0.4 is 11.2 Å². The van der Waals surface area contributed by atoms with Crippen molar-refractivity contribution < 1.29 is 4.79 Å². The molecule has 148 valence electrons. The third kappa shape index (κ3) is 3.73. The Morgan fingerprint density at radius 3 is 2.57 bits per heavy atom. The first-order valence-corrected chi connectivity index (χ1v) is 10.2. The quantitative estimate of drug-likeness (QED) is 0.453. The van der Waals surface area contributed by atoms with E-state index in [0.717, 1.165) is 5.56 Å². The van der Waals surface area contributed by atoms with Crippen molar-refractivity contribution >= 4 is 27.3 Å². The van der Waals surface area contributed by atoms with E-state index in [0.29, 0.717) is 27.8 Å². The van der Waals surface area contributed by atoms with Crippen LogP contribution in [0.4, 0.5) is 0 Å². The van der Waals surface area contributed by atoms with Crippen LogP contribution in [0.3, 0.4) is 0 Å². The summed E-state index contributed by atoms with van der Waals surface area (Å²) < 4.78 is 2.99. The molecule has 0 fully saturated rings. The van der Waals surface area contributed by atoms with Crippen LogP contribution in [0.25, 0.3) is 10.2 Å². The smallest absolute Gasteiger partial charge is 0.292 e. The van der Waals surface area contributed by atoms with Crippen molar-refractivity contribution in [3.8, 4) is 6.07 Å². The lowest BCUT2D eigenvalue weighted by molar-refractivity contribution is 0.0971. The lowest BCUT2D eigenvalue weighted by Gasteiger charge is -2.12. The molecule has 2 aromatic heterocycles. The SMILES string of the molecule is N#Cc1cccc(C(=O)Cn2c(=O)n(CCc3ccccc3)c(=O)c3sccc32)c1. The van der Waals surface area contributed by atoms with Crippen molar-refractivity contribution in [3.63, 3.8) is 0 Å². The zero-order valence-electron chi connectivity index (χ0n) is 15.9. The molecule has 2 heterocycles. The van der Waals surface area contributed by atoms with Crippen molar-refractivity contribution in [2.75, 3.05) is 0 Å². The highest BCUT2D eigenvalue weighted by Crippen LogP contribution is 2.16. The van der Waals surface area contributed by atoms with Crippen LogP contribution in [0.15, 0.2) is 75.6 Å². The van der Waals surface area contributed by atoms with Crippen molar-refractivity contribution in [1.82, 2.24) is 9.13 Å². The molecule has 6 nitrogen and oxygen atoms in total. The summed E-state index contributed by atoms with van der Waals surface area (Å²) in [5.74, 6) is -0.296. The zero-order chi connectivity index (χ0) is 21.1. The van der Waals surface area contributed by atoms with Gasteiger partial charge in [-0.15, -0.1) is 11.3 Å². The van der Waals surface area contributed by atoms with E-state index >= 15 is 0 Å². The molecule has 4 aromatic rings. The number of rotatable bonds is 6. The van der Waals surface area contributed by atoms with Gasteiger partial charge in [0.2, 0.25) is 0 Å². The summed E-state index contributed by atoms with van der Waals surface area (Å²) in [6.45, 7) is 0.0280. The molecule has 7 heteroatoms. The summed E-state index contributed by atoms with van der Waals surface area (Å²) in [5, 5.41) is 10.8. The predicted molar refractivity (Wildman–Crippen MR) is 116 cm³/mol. The van der Waals surface area contributed by atoms with Gasteiger partial charge in [-0.05, 0) is 35.6 Å². The number of hydrogen-bond donors (Lipinski definition) is 0. The Morgan fingerprint density at radius 2 is 1.80 bits per heavy atom. The molecule has 0 N–H and O–H groups in total. The van der Waals surface area contributed by atoms with Gasteiger partial charge in [-0.2, -0.15) is 5.26 Å². The molecule has 0 aliphatic rings. The maximum Gasteiger partial charge on any atom is 0.331 e. The fraction of sp³-hybridized carbons (Fsp3) is 0.130. The number of carbonyl (C=O) groups is 1. The van der Waals surface area contributed by atoms with E-state index in [1.165, 1.54) is 26.5 Å². The Hall–Kier alpha value is -3.76. The average molecular weight is 415 g/mol. The Labute approximate surface area is 175 Å². The zero-order valence-corrected chi connectivity index (χ0v) is 16.8. The lowest BCUT2D eigenvalue weighted by atomic mass is 10.1. The molecule has 0 saturated heterocycles. The van der Waals surface area contributed by atoms with Gasteiger partial charge in [0, 0.05) is 12.1 Å². The molecule has 0 bridgehead atoms. The average Bonchev–Trinajstić information content (AvgIpc) is 3.27. The maximum absolute atomic E-state index is 13.1. The number of aromatic nitrogens is 2. The van der Waals surface area contributed by atoms with Crippen LogP contribution in [-0.2, 0) is 19.5 Å². The van der Waals surface area contributed by atoms with Crippen LogP contribution in [0, 0.1) is 11.3 Å². The van der Waals surface area contributed by atoms with E-state index in [1.807, 2.05) is 36.4 Å². The molecule has 0 radical (unpaired) electrons. The van der Waals surface area contributed by atoms with Crippen molar-refractivity contribution in [2.45, 2.75) is 19.5 Å². The first-order valence-electron chi connectivity index (χ1n) is 9.36. The van der Waals surface area contributed by atoms with E-state index in [9.17, 15) is 14.4 Å². The fourth-order valence-electron chi connectivity index (χ4n) is 3.37. The summed E-state index contributed by atoms with van der Waals surface area (Å²) in [4.78, 5) is 38.8. The van der Waals surface area contributed by atoms with Crippen LogP contribution in [0.1, 0.15) is 21.5 Å². The van der Waals surface area contributed by atoms with E-state index in [-0.39, 0.29) is 24.4 Å². The van der Waals surface area contributed by atoms with E-state index in [2.05, 4.69) is 0 Å². The lowest BCUT2D eigenvalue weighted by Crippen LogP contribution is -2.41. The Morgan fingerprint density at radius 1 is 1.00 bits per heavy atom. The first-order chi connectivity index (χ1) is 14.6. The highest BCUT2D eigenvalue weighted by Gasteiger charge is 2.17. The number of benzene rings is 2. The number of carbonyl (C=O) groups excluding carboxylic acids is 1. The Bertz CT molecular complexity index is 1390. The van der Waals surface area contributed by atoms with Crippen molar-refractivity contribution in [2.24, 2.45) is 0 Å². The summed E-state index contributed by atoms with van der Waals surface area (Å²) in [5.41, 5.74) is 1.36. The number of thiophene rings is 1. The first kappa shape index (κ1) is 19.6. The molecule has 0 aliphatic carbocycles. The van der Waals surface area contributed by atoms with E-state index in [1.54, 1.807) is 29.6 Å². The normalized spacial score (nSPS) is 10.8. The van der Waals surface area contributed by atoms with Gasteiger partial charge in [0.1, 0.15) is 4.70 Å². The molecule has 0 atom stereocenters. The summed E-state index contributed by atoms with van der Waals surface area (Å²) in [6.07, 6.45) is 0.533. The fourth-order valence-corrected chi connectivity index (χ4v) is 4.21. The number of nitriles is 1. The second kappa shape index (κ2) is 8.31. The molecule has 4 rings (SSSR count). The van der Waals surface area contributed by atoms with Gasteiger partial charge in [0.25, 0.3) is 5.56 Å². The number of hydrogen-bond acceptors (Lipinski definition) is 5. The minimum Gasteiger partial charge on any atom is -0.292 e. The molecule has 30 heavy (non-hydrogen) atoms. The van der Waals surface area contributed by atoms with Crippen LogP contribution in [-0.4, -0.2) is 14.9 Å². The third-order valence-electron chi connectivity index (χ3n) is 4.92. The van der Waals surface area contributed by atoms with Crippen molar-refractivity contribution in [3.05, 3.63) is 104 Å². The molecule has 2 aromatic carbocycles. The van der Waals surface area contributed by atoms with Gasteiger partial charge in [-0.3, -0.25) is 18.7 Å². The Kier molecular flexibility index (Phi) is 5.42. The molecular weight excluding hydrogens is 398 g/mol. The molecule has 0 amide bonds. The highest BCUT2D eigenvalue weighted by molar-refractivity contribution is 7.17. The third-order valence-corrected chi connectivity index (χ3v) is 5.81. The van der Waals surface area contributed by atoms with Crippen molar-refractivity contribution in [1.29, 1.82) is 5.26 Å². The molecule has 0 spiro atoms. The van der Waals surface area contributed by atoms with E-state index < -0.39 is 5.69 Å². The number of nitrogens with zero attached hydrogens (tertiary/aromatic N) is 3. The minimum absolute atomic E-state index is 0.202. The van der Waals surface area contributed by atoms with Gasteiger partial charge in [-0.25, -0.2) is 4.79 Å². The van der Waals surface area contributed by atoms with Gasteiger partial charge in [0.15, 0.2) is 5.78 Å². The van der Waals surface area contributed by atoms with Gasteiger partial charge in [-0.1, -0.05) is 42.5 Å². The summed E-state index contributed by atoms with van der Waals surface area (Å²) in [7, 11) is 0. The molecular formula is C23H17N3O3S. The van der Waals surface area contributed by atoms with E-state index in [4.69, 9.17) is 5.26 Å². The topological polar surface area (TPSA) is 84.9 Å². The van der Waals surface area contributed by atoms with Crippen LogP contribution in [0.2, 0.25) is 0 Å². The molecule has 0 saturated carbocycles. The maximum atomic E-state index is 13.1. The molecule has 0 unspecified atom stereocenters. The monoisotopic (exact) mass is 415 g/mol. The Balaban J connectivity index is 1.73. The summed E-state index contributed by atoms with van der Waals surface area (Å²) in [6, 6.07) is 19.7. The summed E-state index contributed by atoms with van der Waals surface area (Å²) >= 11 is 1.25. The number of Topliss-reactive ketones (excluding diaryl/α,β-unsaturated/α-hetero) is 1. The number of fused-ring (bicyclic) bond motifs is 1. The second-order valence-electron chi connectivity index (χ2n) is 6.81. The van der Waals surface area contributed by atoms with Crippen LogP contribution in [0.5, 0.6) is 0 Å². The molecule has 0 aliphatic heterocycles. The van der Waals surface area contributed by atoms with Gasteiger partial charge in [0.05, 0.1) is 23.7 Å².